The van der Waals surface area contributed by atoms with Crippen LogP contribution in [-0.4, -0.2) is 0 Å². The van der Waals surface area contributed by atoms with Gasteiger partial charge in [-0.15, -0.1) is 11.6 Å². The summed E-state index contributed by atoms with van der Waals surface area (Å²) in [6, 6.07) is 10.6. The molecule has 342 valence electrons. The summed E-state index contributed by atoms with van der Waals surface area (Å²) >= 11 is 6.55. The van der Waals surface area contributed by atoms with Crippen LogP contribution >= 0.6 is 11.6 Å². The summed E-state index contributed by atoms with van der Waals surface area (Å²) in [6.07, 6.45) is 71.7. The van der Waals surface area contributed by atoms with Crippen LogP contribution in [0.3, 0.4) is 0 Å². The molecule has 0 aliphatic carbocycles. The van der Waals surface area contributed by atoms with E-state index in [0.29, 0.717) is 0 Å². The van der Waals surface area contributed by atoms with E-state index in [1.54, 1.807) is 0 Å². The number of alkyl halides is 1. The number of hydrogen-bond acceptors (Lipinski definition) is 0. The molecule has 0 nitrogen and oxygen atoms in total. The van der Waals surface area contributed by atoms with Crippen molar-refractivity contribution >= 4 is 11.6 Å². The van der Waals surface area contributed by atoms with E-state index in [-0.39, 0.29) is 5.38 Å². The third kappa shape index (κ3) is 43.6. The summed E-state index contributed by atoms with van der Waals surface area (Å²) in [5, 5.41) is 0.193. The number of halogens is 1. The molecule has 1 aromatic rings. The molecule has 1 heteroatoms. The first-order valence-electron chi connectivity index (χ1n) is 27.5. The first-order chi connectivity index (χ1) is 28.8. The van der Waals surface area contributed by atoms with Crippen LogP contribution in [0.2, 0.25) is 0 Å². The first-order valence-corrected chi connectivity index (χ1v) is 28.0. The summed E-state index contributed by atoms with van der Waals surface area (Å²) in [5.41, 5.74) is 1.28. The van der Waals surface area contributed by atoms with Gasteiger partial charge in [-0.25, -0.2) is 0 Å². The van der Waals surface area contributed by atoms with Gasteiger partial charge in [0, 0.05) is 0 Å². The standard InChI is InChI=1S/C57H107Cl/c1-2-3-4-5-6-7-8-9-10-11-12-13-14-15-16-17-18-19-20-21-22-23-24-25-26-27-28-29-30-31-32-33-34-35-36-37-38-39-40-41-42-43-44-45-46-47-48-52-55-57(58)56-53-50-49-51-54-56/h49-51,53-54,57H,2-48,52,55H2,1H3. The second-order valence-electron chi connectivity index (χ2n) is 19.3. The summed E-state index contributed by atoms with van der Waals surface area (Å²) in [6.45, 7) is 2.31. The SMILES string of the molecule is CCCCCCCCCCCCCCCCCCCCCCCCCCCCCCCCCCCCCCCCCCCCCCCCCCC(Cl)c1ccccc1. The van der Waals surface area contributed by atoms with Crippen molar-refractivity contribution in [3.8, 4) is 0 Å². The second kappa shape index (κ2) is 49.2. The molecule has 0 fully saturated rings. The van der Waals surface area contributed by atoms with Crippen molar-refractivity contribution in [2.24, 2.45) is 0 Å². The summed E-state index contributed by atoms with van der Waals surface area (Å²) < 4.78 is 0. The van der Waals surface area contributed by atoms with E-state index < -0.39 is 0 Å². The van der Waals surface area contributed by atoms with Gasteiger partial charge in [-0.2, -0.15) is 0 Å². The lowest BCUT2D eigenvalue weighted by Crippen LogP contribution is -1.90. The normalized spacial score (nSPS) is 12.2. The van der Waals surface area contributed by atoms with Crippen molar-refractivity contribution in [2.45, 2.75) is 327 Å². The highest BCUT2D eigenvalue weighted by atomic mass is 35.5. The fourth-order valence-electron chi connectivity index (χ4n) is 9.36. The van der Waals surface area contributed by atoms with Crippen LogP contribution < -0.4 is 0 Å². The minimum absolute atomic E-state index is 0.193. The molecule has 0 amide bonds. The van der Waals surface area contributed by atoms with Crippen molar-refractivity contribution < 1.29 is 0 Å². The van der Waals surface area contributed by atoms with Crippen LogP contribution in [0.25, 0.3) is 0 Å². The third-order valence-corrected chi connectivity index (χ3v) is 13.9. The molecule has 58 heavy (non-hydrogen) atoms. The van der Waals surface area contributed by atoms with E-state index in [2.05, 4.69) is 37.3 Å². The minimum atomic E-state index is 0.193. The molecule has 1 unspecified atom stereocenters. The van der Waals surface area contributed by atoms with E-state index in [4.69, 9.17) is 11.6 Å². The quantitative estimate of drug-likeness (QED) is 0.0453. The van der Waals surface area contributed by atoms with Gasteiger partial charge in [0.25, 0.3) is 0 Å². The average molecular weight is 828 g/mol. The zero-order chi connectivity index (χ0) is 41.3. The minimum Gasteiger partial charge on any atom is -0.118 e. The Kier molecular flexibility index (Phi) is 47.1. The third-order valence-electron chi connectivity index (χ3n) is 13.5. The number of rotatable bonds is 50. The van der Waals surface area contributed by atoms with Crippen molar-refractivity contribution in [3.05, 3.63) is 35.9 Å². The molecule has 0 saturated heterocycles. The van der Waals surface area contributed by atoms with Crippen LogP contribution in [0.1, 0.15) is 332 Å². The van der Waals surface area contributed by atoms with Crippen LogP contribution in [0.5, 0.6) is 0 Å². The summed E-state index contributed by atoms with van der Waals surface area (Å²) in [7, 11) is 0. The number of unbranched alkanes of at least 4 members (excludes halogenated alkanes) is 47. The Balaban J connectivity index is 1.61. The molecule has 0 aromatic heterocycles. The maximum Gasteiger partial charge on any atom is 0.0585 e. The van der Waals surface area contributed by atoms with Crippen molar-refractivity contribution in [2.75, 3.05) is 0 Å². The van der Waals surface area contributed by atoms with Gasteiger partial charge < -0.3 is 0 Å². The van der Waals surface area contributed by atoms with Crippen molar-refractivity contribution in [1.29, 1.82) is 0 Å². The fourth-order valence-corrected chi connectivity index (χ4v) is 9.66. The van der Waals surface area contributed by atoms with Gasteiger partial charge >= 0.3 is 0 Å². The lowest BCUT2D eigenvalue weighted by atomic mass is 10.0. The Morgan fingerprint density at radius 3 is 0.621 bits per heavy atom. The largest absolute Gasteiger partial charge is 0.118 e. The molecule has 0 saturated carbocycles. The summed E-state index contributed by atoms with van der Waals surface area (Å²) in [4.78, 5) is 0. The predicted molar refractivity (Wildman–Crippen MR) is 267 cm³/mol. The van der Waals surface area contributed by atoms with Gasteiger partial charge in [-0.05, 0) is 12.0 Å². The van der Waals surface area contributed by atoms with Gasteiger partial charge in [0.15, 0.2) is 0 Å². The van der Waals surface area contributed by atoms with Crippen LogP contribution in [0.15, 0.2) is 30.3 Å². The van der Waals surface area contributed by atoms with Gasteiger partial charge in [-0.3, -0.25) is 0 Å². The van der Waals surface area contributed by atoms with Crippen LogP contribution in [0.4, 0.5) is 0 Å². The van der Waals surface area contributed by atoms with Gasteiger partial charge in [0.2, 0.25) is 0 Å². The topological polar surface area (TPSA) is 0 Å². The maximum absolute atomic E-state index is 6.55. The van der Waals surface area contributed by atoms with Crippen LogP contribution in [0, 0.1) is 0 Å². The molecule has 1 rings (SSSR count). The number of hydrogen-bond donors (Lipinski definition) is 0. The molecule has 0 N–H and O–H groups in total. The molecule has 0 spiro atoms. The molecule has 1 aromatic carbocycles. The van der Waals surface area contributed by atoms with E-state index in [9.17, 15) is 0 Å². The summed E-state index contributed by atoms with van der Waals surface area (Å²) in [5.74, 6) is 0. The molecule has 0 heterocycles. The van der Waals surface area contributed by atoms with E-state index >= 15 is 0 Å². The van der Waals surface area contributed by atoms with Crippen LogP contribution in [-0.2, 0) is 0 Å². The maximum atomic E-state index is 6.55. The molecular weight excluding hydrogens is 720 g/mol. The highest BCUT2D eigenvalue weighted by molar-refractivity contribution is 6.20. The highest BCUT2D eigenvalue weighted by Gasteiger charge is 2.06. The smallest absolute Gasteiger partial charge is 0.0585 e. The fraction of sp³-hybridized carbons (Fsp3) is 0.895. The Morgan fingerprint density at radius 2 is 0.431 bits per heavy atom. The van der Waals surface area contributed by atoms with Crippen molar-refractivity contribution in [3.63, 3.8) is 0 Å². The van der Waals surface area contributed by atoms with Gasteiger partial charge in [0.1, 0.15) is 0 Å². The molecule has 0 aliphatic heterocycles. The van der Waals surface area contributed by atoms with E-state index in [1.807, 2.05) is 0 Å². The lowest BCUT2D eigenvalue weighted by molar-refractivity contribution is 0.508. The number of benzene rings is 1. The Bertz CT molecular complexity index is 848. The zero-order valence-corrected chi connectivity index (χ0v) is 40.7. The predicted octanol–water partition coefficient (Wildman–Crippen LogP) is 22.1. The lowest BCUT2D eigenvalue weighted by Gasteiger charge is -2.09. The van der Waals surface area contributed by atoms with E-state index in [1.165, 1.54) is 314 Å². The van der Waals surface area contributed by atoms with Gasteiger partial charge in [-0.1, -0.05) is 345 Å². The molecule has 0 radical (unpaired) electrons. The molecule has 0 aliphatic rings. The monoisotopic (exact) mass is 827 g/mol. The molecular formula is C57H107Cl. The van der Waals surface area contributed by atoms with Crippen molar-refractivity contribution in [1.82, 2.24) is 0 Å². The Morgan fingerprint density at radius 1 is 0.259 bits per heavy atom. The molecule has 1 atom stereocenters. The Labute approximate surface area is 372 Å². The molecule has 0 bridgehead atoms. The zero-order valence-electron chi connectivity index (χ0n) is 40.0. The second-order valence-corrected chi connectivity index (χ2v) is 19.8. The first kappa shape index (κ1) is 55.5. The van der Waals surface area contributed by atoms with E-state index in [0.717, 1.165) is 6.42 Å². The Hall–Kier alpha value is -0.490. The average Bonchev–Trinajstić information content (AvgIpc) is 3.24. The van der Waals surface area contributed by atoms with Gasteiger partial charge in [0.05, 0.1) is 5.38 Å². The highest BCUT2D eigenvalue weighted by Crippen LogP contribution is 2.27.